The molecule has 0 aromatic carbocycles. The van der Waals surface area contributed by atoms with Crippen molar-refractivity contribution >= 4 is 11.9 Å². The number of carboxylic acid groups (broad SMARTS) is 1. The summed E-state index contributed by atoms with van der Waals surface area (Å²) < 4.78 is 0. The molecular weight excluding hydrogens is 385 g/mol. The van der Waals surface area contributed by atoms with E-state index >= 15 is 0 Å². The summed E-state index contributed by atoms with van der Waals surface area (Å²) in [5.74, 6) is 2.39. The molecule has 30 heavy (non-hydrogen) atoms. The second-order valence-corrected chi connectivity index (χ2v) is 11.5. The van der Waals surface area contributed by atoms with E-state index in [4.69, 9.17) is 0 Å². The molecule has 0 aliphatic heterocycles. The monoisotopic (exact) mass is 425 g/mol. The predicted octanol–water partition coefficient (Wildman–Crippen LogP) is 0.930. The van der Waals surface area contributed by atoms with Crippen molar-refractivity contribution in [2.45, 2.75) is 97.9 Å². The van der Waals surface area contributed by atoms with Crippen LogP contribution in [0.25, 0.3) is 0 Å². The summed E-state index contributed by atoms with van der Waals surface area (Å²) in [6.07, 6.45) is 12.5. The molecule has 4 rings (SSSR count). The third-order valence-electron chi connectivity index (χ3n) is 10.6. The minimum Gasteiger partial charge on any atom is -0.540 e. The molecule has 0 heterocycles. The predicted molar refractivity (Wildman–Crippen MR) is 112 cm³/mol. The van der Waals surface area contributed by atoms with Crippen molar-refractivity contribution in [1.29, 1.82) is 0 Å². The van der Waals surface area contributed by atoms with E-state index in [1.54, 1.807) is 0 Å². The van der Waals surface area contributed by atoms with E-state index in [2.05, 4.69) is 33.0 Å². The molecule has 0 aromatic rings. The van der Waals surface area contributed by atoms with Crippen LogP contribution in [0.15, 0.2) is 0 Å². The van der Waals surface area contributed by atoms with Crippen LogP contribution < -0.4 is 40.0 Å². The number of carbonyl (C=O) groups excluding carboxylic acids is 2. The third kappa shape index (κ3) is 3.92. The standard InChI is InChI=1S/C25H41NO3.Na/c1-5-15(2)19-8-9-20-18-7-6-16-14-17(26-22(27)23(28)29)10-12-24(16,3)21(18)11-13-25(19,20)4;/h15-21H,5-14H2,1-4H3,(H,26,27)(H,28,29);/q;+1/p-1/t15-,16-,17-,18+,19?,20+,21+,24+,25-;/m1./s1. The number of carbonyl (C=O) groups is 2. The smallest absolute Gasteiger partial charge is 0.540 e. The number of hydrogen-bond acceptors (Lipinski definition) is 3. The van der Waals surface area contributed by atoms with Crippen molar-refractivity contribution in [2.75, 3.05) is 0 Å². The van der Waals surface area contributed by atoms with E-state index < -0.39 is 11.9 Å². The molecule has 164 valence electrons. The Labute approximate surface area is 205 Å². The van der Waals surface area contributed by atoms with E-state index in [1.165, 1.54) is 44.9 Å². The van der Waals surface area contributed by atoms with E-state index in [9.17, 15) is 14.7 Å². The van der Waals surface area contributed by atoms with Crippen molar-refractivity contribution in [2.24, 2.45) is 46.3 Å². The topological polar surface area (TPSA) is 69.2 Å². The maximum Gasteiger partial charge on any atom is 1.00 e. The fourth-order valence-corrected chi connectivity index (χ4v) is 8.89. The summed E-state index contributed by atoms with van der Waals surface area (Å²) in [6, 6.07) is 0.00476. The van der Waals surface area contributed by atoms with Crippen LogP contribution in [0.5, 0.6) is 0 Å². The Bertz CT molecular complexity index is 669. The van der Waals surface area contributed by atoms with Crippen LogP contribution >= 0.6 is 0 Å². The largest absolute Gasteiger partial charge is 1.00 e. The normalized spacial score (nSPS) is 45.9. The van der Waals surface area contributed by atoms with Gasteiger partial charge in [0.2, 0.25) is 0 Å². The van der Waals surface area contributed by atoms with Gasteiger partial charge in [0, 0.05) is 6.04 Å². The average molecular weight is 426 g/mol. The molecule has 0 saturated heterocycles. The first-order valence-electron chi connectivity index (χ1n) is 12.2. The first-order chi connectivity index (χ1) is 13.7. The number of aliphatic carboxylic acids is 1. The SMILES string of the molecule is CC[C@@H](C)C1CC[C@H]2[C@@H]3CC[C@@H]4C[C@H](NC(=O)C(=O)[O-])CC[C@]4(C)[C@H]3CC[C@]12C.[Na+]. The van der Waals surface area contributed by atoms with Gasteiger partial charge in [0.1, 0.15) is 5.97 Å². The number of fused-ring (bicyclic) bond motifs is 5. The van der Waals surface area contributed by atoms with Crippen LogP contribution in [-0.2, 0) is 9.59 Å². The van der Waals surface area contributed by atoms with E-state index in [1.807, 2.05) is 0 Å². The van der Waals surface area contributed by atoms with Crippen LogP contribution in [-0.4, -0.2) is 17.9 Å². The Morgan fingerprint density at radius 1 is 1.00 bits per heavy atom. The molecule has 0 radical (unpaired) electrons. The van der Waals surface area contributed by atoms with E-state index in [0.717, 1.165) is 48.9 Å². The van der Waals surface area contributed by atoms with Gasteiger partial charge in [0.05, 0.1) is 0 Å². The fraction of sp³-hybridized carbons (Fsp3) is 0.920. The number of nitrogens with one attached hydrogen (secondary N) is 1. The van der Waals surface area contributed by atoms with Crippen molar-refractivity contribution in [3.63, 3.8) is 0 Å². The quantitative estimate of drug-likeness (QED) is 0.540. The van der Waals surface area contributed by atoms with Gasteiger partial charge in [-0.3, -0.25) is 4.79 Å². The molecule has 1 unspecified atom stereocenters. The van der Waals surface area contributed by atoms with Crippen molar-refractivity contribution in [3.8, 4) is 0 Å². The second kappa shape index (κ2) is 9.06. The first kappa shape index (κ1) is 24.6. The van der Waals surface area contributed by atoms with Crippen LogP contribution in [0, 0.1) is 46.3 Å². The fourth-order valence-electron chi connectivity index (χ4n) is 8.89. The zero-order valence-electron chi connectivity index (χ0n) is 19.8. The number of carboxylic acids is 1. The van der Waals surface area contributed by atoms with Gasteiger partial charge in [0.15, 0.2) is 0 Å². The molecule has 4 nitrogen and oxygen atoms in total. The van der Waals surface area contributed by atoms with E-state index in [-0.39, 0.29) is 35.6 Å². The summed E-state index contributed by atoms with van der Waals surface area (Å²) in [4.78, 5) is 22.4. The Balaban J connectivity index is 0.00000256. The van der Waals surface area contributed by atoms with Gasteiger partial charge in [-0.15, -0.1) is 0 Å². The van der Waals surface area contributed by atoms with Gasteiger partial charge < -0.3 is 15.2 Å². The maximum atomic E-state index is 11.6. The molecule has 0 spiro atoms. The number of rotatable bonds is 3. The molecule has 9 atom stereocenters. The van der Waals surface area contributed by atoms with Crippen LogP contribution in [0.2, 0.25) is 0 Å². The van der Waals surface area contributed by atoms with E-state index in [0.29, 0.717) is 16.7 Å². The molecule has 1 amide bonds. The third-order valence-corrected chi connectivity index (χ3v) is 10.6. The zero-order valence-corrected chi connectivity index (χ0v) is 21.8. The Morgan fingerprint density at radius 2 is 1.67 bits per heavy atom. The van der Waals surface area contributed by atoms with Crippen molar-refractivity contribution < 1.29 is 44.3 Å². The van der Waals surface area contributed by atoms with Gasteiger partial charge in [-0.05, 0) is 104 Å². The molecule has 4 aliphatic rings. The molecule has 4 fully saturated rings. The summed E-state index contributed by atoms with van der Waals surface area (Å²) in [5.41, 5.74) is 0.904. The molecule has 4 aliphatic carbocycles. The van der Waals surface area contributed by atoms with Crippen molar-refractivity contribution in [3.05, 3.63) is 0 Å². The summed E-state index contributed by atoms with van der Waals surface area (Å²) in [6.45, 7) is 9.98. The Kier molecular flexibility index (Phi) is 7.42. The minimum absolute atomic E-state index is 0. The molecular formula is C25H40NNaO3. The Hall–Kier alpha value is -0.0600. The van der Waals surface area contributed by atoms with Gasteiger partial charge in [-0.1, -0.05) is 34.1 Å². The Morgan fingerprint density at radius 3 is 2.33 bits per heavy atom. The van der Waals surface area contributed by atoms with Gasteiger partial charge >= 0.3 is 29.6 Å². The van der Waals surface area contributed by atoms with Crippen LogP contribution in [0.4, 0.5) is 0 Å². The first-order valence-corrected chi connectivity index (χ1v) is 12.2. The molecule has 1 N–H and O–H groups in total. The van der Waals surface area contributed by atoms with Gasteiger partial charge in [-0.25, -0.2) is 0 Å². The summed E-state index contributed by atoms with van der Waals surface area (Å²) in [5, 5.41) is 13.5. The maximum absolute atomic E-state index is 11.6. The molecule has 5 heteroatoms. The molecule has 4 saturated carbocycles. The molecule has 0 bridgehead atoms. The molecule has 0 aromatic heterocycles. The van der Waals surface area contributed by atoms with Crippen LogP contribution in [0.1, 0.15) is 91.9 Å². The zero-order chi connectivity index (χ0) is 21.0. The average Bonchev–Trinajstić information content (AvgIpc) is 3.04. The minimum atomic E-state index is -1.61. The summed E-state index contributed by atoms with van der Waals surface area (Å²) >= 11 is 0. The van der Waals surface area contributed by atoms with Crippen molar-refractivity contribution in [1.82, 2.24) is 5.32 Å². The van der Waals surface area contributed by atoms with Gasteiger partial charge in [0.25, 0.3) is 5.91 Å². The number of hydrogen-bond donors (Lipinski definition) is 1. The van der Waals surface area contributed by atoms with Crippen LogP contribution in [0.3, 0.4) is 0 Å². The summed E-state index contributed by atoms with van der Waals surface area (Å²) in [7, 11) is 0. The van der Waals surface area contributed by atoms with Gasteiger partial charge in [-0.2, -0.15) is 0 Å². The second-order valence-electron chi connectivity index (χ2n) is 11.5. The number of amides is 1.